The molecule has 0 saturated carbocycles. The maximum atomic E-state index is 6.50. The molecule has 45 heavy (non-hydrogen) atoms. The van der Waals surface area contributed by atoms with Crippen molar-refractivity contribution in [3.8, 4) is 27.9 Å². The second-order valence-corrected chi connectivity index (χ2v) is 12.8. The van der Waals surface area contributed by atoms with Crippen LogP contribution in [0.15, 0.2) is 156 Å². The van der Waals surface area contributed by atoms with Gasteiger partial charge in [0.25, 0.3) is 0 Å². The van der Waals surface area contributed by atoms with Crippen LogP contribution in [-0.4, -0.2) is 4.57 Å². The van der Waals surface area contributed by atoms with Gasteiger partial charge in [-0.3, -0.25) is 0 Å². The molecule has 0 aliphatic heterocycles. The first kappa shape index (κ1) is 24.8. The Hall–Kier alpha value is -5.64. The van der Waals surface area contributed by atoms with Crippen molar-refractivity contribution in [3.63, 3.8) is 0 Å². The Bertz CT molecular complexity index is 2700. The number of hydrogen-bond donors (Lipinski definition) is 0. The molecule has 210 valence electrons. The second kappa shape index (κ2) is 9.43. The van der Waals surface area contributed by atoms with Crippen LogP contribution in [-0.2, 0) is 0 Å². The zero-order chi connectivity index (χ0) is 29.5. The van der Waals surface area contributed by atoms with Crippen LogP contribution in [0.2, 0.25) is 0 Å². The van der Waals surface area contributed by atoms with E-state index in [9.17, 15) is 0 Å². The molecule has 0 N–H and O–H groups in total. The molecule has 0 fully saturated rings. The van der Waals surface area contributed by atoms with E-state index in [2.05, 4.69) is 150 Å². The SMILES string of the molecule is c1cc(-c2ccc(-c3cc4c5ccccc5oc4c4c3sc3ccccc34)cc2)cc(-n2c3ccccc3c3ccccc32)c1. The molecule has 0 unspecified atom stereocenters. The van der Waals surface area contributed by atoms with Gasteiger partial charge < -0.3 is 8.98 Å². The summed E-state index contributed by atoms with van der Waals surface area (Å²) in [6.07, 6.45) is 0. The number of para-hydroxylation sites is 3. The zero-order valence-electron chi connectivity index (χ0n) is 24.2. The van der Waals surface area contributed by atoms with Crippen molar-refractivity contribution < 1.29 is 4.42 Å². The van der Waals surface area contributed by atoms with E-state index in [-0.39, 0.29) is 0 Å². The van der Waals surface area contributed by atoms with E-state index < -0.39 is 0 Å². The van der Waals surface area contributed by atoms with E-state index in [0.29, 0.717) is 0 Å². The minimum atomic E-state index is 0.930. The molecule has 0 atom stereocenters. The first-order valence-corrected chi connectivity index (χ1v) is 16.1. The summed E-state index contributed by atoms with van der Waals surface area (Å²) in [6, 6.07) is 54.7. The lowest BCUT2D eigenvalue weighted by Gasteiger charge is -2.11. The molecule has 3 heterocycles. The Morgan fingerprint density at radius 1 is 0.467 bits per heavy atom. The first-order chi connectivity index (χ1) is 22.3. The lowest BCUT2D eigenvalue weighted by atomic mass is 9.97. The Kier molecular flexibility index (Phi) is 5.19. The molecular weight excluding hydrogens is 567 g/mol. The van der Waals surface area contributed by atoms with Crippen LogP contribution in [0.4, 0.5) is 0 Å². The number of fused-ring (bicyclic) bond motifs is 10. The second-order valence-electron chi connectivity index (χ2n) is 11.7. The highest BCUT2D eigenvalue weighted by atomic mass is 32.1. The summed E-state index contributed by atoms with van der Waals surface area (Å²) in [5.74, 6) is 0. The van der Waals surface area contributed by atoms with Gasteiger partial charge >= 0.3 is 0 Å². The molecule has 0 aliphatic rings. The minimum Gasteiger partial charge on any atom is -0.455 e. The molecule has 10 aromatic rings. The molecule has 0 spiro atoms. The maximum absolute atomic E-state index is 6.50. The fourth-order valence-corrected chi connectivity index (χ4v) is 8.38. The summed E-state index contributed by atoms with van der Waals surface area (Å²) >= 11 is 1.85. The number of aromatic nitrogens is 1. The monoisotopic (exact) mass is 591 g/mol. The molecule has 3 aromatic heterocycles. The third kappa shape index (κ3) is 3.62. The highest BCUT2D eigenvalue weighted by Crippen LogP contribution is 2.46. The van der Waals surface area contributed by atoms with Crippen molar-refractivity contribution in [2.45, 2.75) is 0 Å². The van der Waals surface area contributed by atoms with Gasteiger partial charge in [-0.15, -0.1) is 11.3 Å². The van der Waals surface area contributed by atoms with Crippen molar-refractivity contribution in [2.75, 3.05) is 0 Å². The lowest BCUT2D eigenvalue weighted by Crippen LogP contribution is -1.94. The molecule has 0 radical (unpaired) electrons. The van der Waals surface area contributed by atoms with E-state index in [1.165, 1.54) is 75.3 Å². The van der Waals surface area contributed by atoms with Gasteiger partial charge in [-0.1, -0.05) is 109 Å². The lowest BCUT2D eigenvalue weighted by molar-refractivity contribution is 0.673. The van der Waals surface area contributed by atoms with Crippen LogP contribution in [0, 0.1) is 0 Å². The quantitative estimate of drug-likeness (QED) is 0.200. The molecule has 10 rings (SSSR count). The standard InChI is InChI=1S/C42H25NOS/c1-5-16-36-30(12-1)31-13-2-6-17-37(31)43(36)29-11-9-10-28(24-29)26-20-22-27(23-21-26)34-25-35-32-14-3-7-18-38(32)44-41(35)40-33-15-4-8-19-39(33)45-42(34)40/h1-25H. The average Bonchev–Trinajstić information content (AvgIpc) is 3.78. The molecule has 0 amide bonds. The summed E-state index contributed by atoms with van der Waals surface area (Å²) in [4.78, 5) is 0. The largest absolute Gasteiger partial charge is 0.455 e. The topological polar surface area (TPSA) is 18.1 Å². The van der Waals surface area contributed by atoms with Gasteiger partial charge in [0.15, 0.2) is 0 Å². The van der Waals surface area contributed by atoms with Crippen molar-refractivity contribution in [1.82, 2.24) is 4.57 Å². The fourth-order valence-electron chi connectivity index (χ4n) is 7.15. The molecule has 7 aromatic carbocycles. The van der Waals surface area contributed by atoms with Gasteiger partial charge in [-0.25, -0.2) is 0 Å². The smallest absolute Gasteiger partial charge is 0.144 e. The van der Waals surface area contributed by atoms with E-state index in [1.807, 2.05) is 17.4 Å². The Labute approximate surface area is 263 Å². The summed E-state index contributed by atoms with van der Waals surface area (Å²) < 4.78 is 11.4. The Morgan fingerprint density at radius 3 is 1.89 bits per heavy atom. The highest BCUT2D eigenvalue weighted by Gasteiger charge is 2.19. The van der Waals surface area contributed by atoms with Crippen LogP contribution in [0.1, 0.15) is 0 Å². The van der Waals surface area contributed by atoms with Crippen LogP contribution < -0.4 is 0 Å². The summed E-state index contributed by atoms with van der Waals surface area (Å²) in [5.41, 5.74) is 10.4. The summed E-state index contributed by atoms with van der Waals surface area (Å²) in [5, 5.41) is 7.34. The maximum Gasteiger partial charge on any atom is 0.144 e. The first-order valence-electron chi connectivity index (χ1n) is 15.3. The predicted molar refractivity (Wildman–Crippen MR) is 192 cm³/mol. The highest BCUT2D eigenvalue weighted by molar-refractivity contribution is 7.26. The third-order valence-electron chi connectivity index (χ3n) is 9.20. The average molecular weight is 592 g/mol. The van der Waals surface area contributed by atoms with Crippen LogP contribution >= 0.6 is 11.3 Å². The van der Waals surface area contributed by atoms with E-state index in [0.717, 1.165) is 16.6 Å². The van der Waals surface area contributed by atoms with Gasteiger partial charge in [0.2, 0.25) is 0 Å². The van der Waals surface area contributed by atoms with E-state index in [4.69, 9.17) is 4.42 Å². The Balaban J connectivity index is 1.13. The van der Waals surface area contributed by atoms with Gasteiger partial charge in [-0.05, 0) is 59.2 Å². The van der Waals surface area contributed by atoms with Crippen LogP contribution in [0.25, 0.3) is 91.9 Å². The van der Waals surface area contributed by atoms with E-state index >= 15 is 0 Å². The molecular formula is C42H25NOS. The number of thiophene rings is 1. The minimum absolute atomic E-state index is 0.930. The van der Waals surface area contributed by atoms with Crippen molar-refractivity contribution in [1.29, 1.82) is 0 Å². The summed E-state index contributed by atoms with van der Waals surface area (Å²) in [7, 11) is 0. The van der Waals surface area contributed by atoms with Crippen LogP contribution in [0.3, 0.4) is 0 Å². The number of benzene rings is 7. The number of rotatable bonds is 3. The molecule has 3 heteroatoms. The summed E-state index contributed by atoms with van der Waals surface area (Å²) in [6.45, 7) is 0. The number of nitrogens with zero attached hydrogens (tertiary/aromatic N) is 1. The molecule has 0 saturated heterocycles. The molecule has 2 nitrogen and oxygen atoms in total. The third-order valence-corrected chi connectivity index (χ3v) is 10.4. The number of hydrogen-bond acceptors (Lipinski definition) is 2. The van der Waals surface area contributed by atoms with Crippen LogP contribution in [0.5, 0.6) is 0 Å². The zero-order valence-corrected chi connectivity index (χ0v) is 25.0. The fraction of sp³-hybridized carbons (Fsp3) is 0. The molecule has 0 bridgehead atoms. The van der Waals surface area contributed by atoms with Gasteiger partial charge in [0.05, 0.1) is 11.0 Å². The Morgan fingerprint density at radius 2 is 1.11 bits per heavy atom. The van der Waals surface area contributed by atoms with Gasteiger partial charge in [-0.2, -0.15) is 0 Å². The predicted octanol–water partition coefficient (Wildman–Crippen LogP) is 12.4. The number of furan rings is 1. The van der Waals surface area contributed by atoms with Gasteiger partial charge in [0.1, 0.15) is 11.2 Å². The normalized spacial score (nSPS) is 12.0. The molecule has 0 aliphatic carbocycles. The van der Waals surface area contributed by atoms with Gasteiger partial charge in [0, 0.05) is 53.0 Å². The van der Waals surface area contributed by atoms with Crippen molar-refractivity contribution in [2.24, 2.45) is 0 Å². The van der Waals surface area contributed by atoms with Crippen molar-refractivity contribution in [3.05, 3.63) is 152 Å². The van der Waals surface area contributed by atoms with E-state index in [1.54, 1.807) is 0 Å². The van der Waals surface area contributed by atoms with Crippen molar-refractivity contribution >= 4 is 75.3 Å².